The first-order valence-electron chi connectivity index (χ1n) is 5.83. The molecule has 0 unspecified atom stereocenters. The predicted molar refractivity (Wildman–Crippen MR) is 67.6 cm³/mol. The Morgan fingerprint density at radius 3 is 2.42 bits per heavy atom. The van der Waals surface area contributed by atoms with E-state index >= 15 is 0 Å². The number of carbonyl (C=O) groups excluding carboxylic acids is 1. The van der Waals surface area contributed by atoms with Crippen LogP contribution in [0.2, 0.25) is 0 Å². The van der Waals surface area contributed by atoms with E-state index in [9.17, 15) is 13.6 Å². The number of nitrogens with zero attached hydrogens (tertiary/aromatic N) is 2. The monoisotopic (exact) mass is 264 g/mol. The summed E-state index contributed by atoms with van der Waals surface area (Å²) in [4.78, 5) is 11.1. The predicted octanol–water partition coefficient (Wildman–Crippen LogP) is 3.26. The van der Waals surface area contributed by atoms with Crippen LogP contribution in [-0.4, -0.2) is 16.1 Å². The third kappa shape index (κ3) is 2.54. The van der Waals surface area contributed by atoms with Crippen molar-refractivity contribution in [3.63, 3.8) is 0 Å². The third-order valence-electron chi connectivity index (χ3n) is 2.74. The average molecular weight is 264 g/mol. The van der Waals surface area contributed by atoms with Crippen molar-refractivity contribution in [1.29, 1.82) is 0 Å². The van der Waals surface area contributed by atoms with Gasteiger partial charge >= 0.3 is 0 Å². The molecule has 0 aliphatic carbocycles. The number of carbonyl (C=O) groups is 1. The molecule has 0 fully saturated rings. The van der Waals surface area contributed by atoms with Gasteiger partial charge in [0.25, 0.3) is 0 Å². The zero-order valence-electron chi connectivity index (χ0n) is 10.9. The highest BCUT2D eigenvalue weighted by molar-refractivity contribution is 5.77. The van der Waals surface area contributed by atoms with Crippen LogP contribution in [0, 0.1) is 11.6 Å². The van der Waals surface area contributed by atoms with Gasteiger partial charge in [0.2, 0.25) is 0 Å². The van der Waals surface area contributed by atoms with Gasteiger partial charge in [-0.05, 0) is 12.1 Å². The summed E-state index contributed by atoms with van der Waals surface area (Å²) in [5.74, 6) is -1.37. The lowest BCUT2D eigenvalue weighted by molar-refractivity contribution is 0.112. The van der Waals surface area contributed by atoms with Crippen LogP contribution >= 0.6 is 0 Å². The second-order valence-corrected chi connectivity index (χ2v) is 5.34. The van der Waals surface area contributed by atoms with E-state index < -0.39 is 11.6 Å². The minimum absolute atomic E-state index is 0.111. The molecule has 5 heteroatoms. The molecule has 1 heterocycles. The smallest absolute Gasteiger partial charge is 0.153 e. The molecule has 100 valence electrons. The molecule has 1 aromatic carbocycles. The van der Waals surface area contributed by atoms with Gasteiger partial charge in [0.15, 0.2) is 12.1 Å². The second kappa shape index (κ2) is 4.57. The number of rotatable bonds is 2. The van der Waals surface area contributed by atoms with Gasteiger partial charge in [0.05, 0.1) is 11.3 Å². The Kier molecular flexibility index (Phi) is 3.22. The van der Waals surface area contributed by atoms with Crippen LogP contribution in [0.3, 0.4) is 0 Å². The van der Waals surface area contributed by atoms with E-state index in [4.69, 9.17) is 0 Å². The van der Waals surface area contributed by atoms with Crippen LogP contribution < -0.4 is 0 Å². The van der Waals surface area contributed by atoms with Crippen molar-refractivity contribution in [2.24, 2.45) is 0 Å². The Balaban J connectivity index is 2.58. The van der Waals surface area contributed by atoms with Crippen molar-refractivity contribution in [1.82, 2.24) is 9.78 Å². The summed E-state index contributed by atoms with van der Waals surface area (Å²) < 4.78 is 27.8. The van der Waals surface area contributed by atoms with Crippen LogP contribution in [0.5, 0.6) is 0 Å². The van der Waals surface area contributed by atoms with Crippen molar-refractivity contribution in [3.8, 4) is 5.69 Å². The van der Waals surface area contributed by atoms with Crippen molar-refractivity contribution in [2.75, 3.05) is 0 Å². The van der Waals surface area contributed by atoms with Crippen molar-refractivity contribution in [2.45, 2.75) is 26.2 Å². The fourth-order valence-corrected chi connectivity index (χ4v) is 1.85. The van der Waals surface area contributed by atoms with Crippen molar-refractivity contribution in [3.05, 3.63) is 47.3 Å². The lowest BCUT2D eigenvalue weighted by atomic mass is 9.90. The van der Waals surface area contributed by atoms with Gasteiger partial charge in [0, 0.05) is 17.7 Å². The Morgan fingerprint density at radius 2 is 1.95 bits per heavy atom. The number of hydrogen-bond acceptors (Lipinski definition) is 2. The minimum Gasteiger partial charge on any atom is -0.298 e. The lowest BCUT2D eigenvalue weighted by Gasteiger charge is -2.15. The van der Waals surface area contributed by atoms with E-state index in [0.29, 0.717) is 17.5 Å². The Labute approximate surface area is 109 Å². The molecule has 0 saturated carbocycles. The first-order valence-corrected chi connectivity index (χ1v) is 5.83. The van der Waals surface area contributed by atoms with Crippen LogP contribution in [0.15, 0.2) is 24.4 Å². The molecular weight excluding hydrogens is 250 g/mol. The molecule has 0 bridgehead atoms. The number of halogens is 2. The molecule has 1 aromatic heterocycles. The topological polar surface area (TPSA) is 34.9 Å². The van der Waals surface area contributed by atoms with Gasteiger partial charge in [-0.15, -0.1) is 0 Å². The Morgan fingerprint density at radius 1 is 1.26 bits per heavy atom. The normalized spacial score (nSPS) is 11.6. The molecule has 0 aliphatic rings. The summed E-state index contributed by atoms with van der Waals surface area (Å²) >= 11 is 0. The minimum atomic E-state index is -0.722. The highest BCUT2D eigenvalue weighted by Gasteiger charge is 2.23. The first-order chi connectivity index (χ1) is 8.82. The number of benzene rings is 1. The molecular formula is C14H14F2N2O. The summed E-state index contributed by atoms with van der Waals surface area (Å²) in [6, 6.07) is 3.23. The standard InChI is InChI=1S/C14H14F2N2O/c1-14(2,3)13-9(8-19)7-18(17-13)12-5-4-10(15)6-11(12)16/h4-8H,1-3H3. The van der Waals surface area contributed by atoms with Gasteiger partial charge in [-0.3, -0.25) is 4.79 Å². The third-order valence-corrected chi connectivity index (χ3v) is 2.74. The van der Waals surface area contributed by atoms with E-state index in [0.717, 1.165) is 12.1 Å². The molecule has 0 amide bonds. The maximum atomic E-state index is 13.7. The van der Waals surface area contributed by atoms with Gasteiger partial charge in [-0.25, -0.2) is 13.5 Å². The Hall–Kier alpha value is -2.04. The van der Waals surface area contributed by atoms with Crippen LogP contribution in [0.4, 0.5) is 8.78 Å². The number of aromatic nitrogens is 2. The molecule has 3 nitrogen and oxygen atoms in total. The highest BCUT2D eigenvalue weighted by Crippen LogP contribution is 2.25. The van der Waals surface area contributed by atoms with Crippen LogP contribution in [0.1, 0.15) is 36.8 Å². The SMILES string of the molecule is CC(C)(C)c1nn(-c2ccc(F)cc2F)cc1C=O. The molecule has 0 atom stereocenters. The average Bonchev–Trinajstić information content (AvgIpc) is 2.72. The summed E-state index contributed by atoms with van der Waals surface area (Å²) in [7, 11) is 0. The molecule has 0 spiro atoms. The molecule has 0 saturated heterocycles. The van der Waals surface area contributed by atoms with E-state index in [2.05, 4.69) is 5.10 Å². The lowest BCUT2D eigenvalue weighted by Crippen LogP contribution is -2.14. The molecule has 0 aliphatic heterocycles. The number of hydrogen-bond donors (Lipinski definition) is 0. The summed E-state index contributed by atoms with van der Waals surface area (Å²) in [5.41, 5.74) is 0.750. The fourth-order valence-electron chi connectivity index (χ4n) is 1.85. The van der Waals surface area contributed by atoms with Crippen LogP contribution in [-0.2, 0) is 5.41 Å². The maximum Gasteiger partial charge on any atom is 0.153 e. The highest BCUT2D eigenvalue weighted by atomic mass is 19.1. The summed E-state index contributed by atoms with van der Waals surface area (Å²) in [6.45, 7) is 5.73. The van der Waals surface area contributed by atoms with Crippen molar-refractivity contribution < 1.29 is 13.6 Å². The summed E-state index contributed by atoms with van der Waals surface area (Å²) in [5, 5.41) is 4.24. The van der Waals surface area contributed by atoms with Gasteiger partial charge < -0.3 is 0 Å². The second-order valence-electron chi connectivity index (χ2n) is 5.34. The van der Waals surface area contributed by atoms with Crippen LogP contribution in [0.25, 0.3) is 5.69 Å². The molecule has 2 aromatic rings. The van der Waals surface area contributed by atoms with Gasteiger partial charge in [-0.2, -0.15) is 5.10 Å². The van der Waals surface area contributed by atoms with E-state index in [-0.39, 0.29) is 11.1 Å². The van der Waals surface area contributed by atoms with Gasteiger partial charge in [-0.1, -0.05) is 20.8 Å². The van der Waals surface area contributed by atoms with E-state index in [1.165, 1.54) is 16.9 Å². The fraction of sp³-hybridized carbons (Fsp3) is 0.286. The summed E-state index contributed by atoms with van der Waals surface area (Å²) in [6.07, 6.45) is 2.13. The zero-order valence-corrected chi connectivity index (χ0v) is 10.9. The van der Waals surface area contributed by atoms with E-state index in [1.54, 1.807) is 0 Å². The zero-order chi connectivity index (χ0) is 14.2. The molecule has 2 rings (SSSR count). The van der Waals surface area contributed by atoms with Crippen molar-refractivity contribution >= 4 is 6.29 Å². The van der Waals surface area contributed by atoms with Gasteiger partial charge in [0.1, 0.15) is 11.5 Å². The quantitative estimate of drug-likeness (QED) is 0.780. The molecule has 0 radical (unpaired) electrons. The first kappa shape index (κ1) is 13.4. The maximum absolute atomic E-state index is 13.7. The largest absolute Gasteiger partial charge is 0.298 e. The van der Waals surface area contributed by atoms with E-state index in [1.807, 2.05) is 20.8 Å². The number of aldehydes is 1. The molecule has 19 heavy (non-hydrogen) atoms. The Bertz CT molecular complexity index is 627. The molecule has 0 N–H and O–H groups in total.